The minimum Gasteiger partial charge on any atom is -0.501 e. The van der Waals surface area contributed by atoms with Crippen molar-refractivity contribution in [2.45, 2.75) is 25.5 Å². The van der Waals surface area contributed by atoms with E-state index < -0.39 is 11.4 Å². The molecule has 0 bridgehead atoms. The number of ether oxygens (including phenoxy) is 1. The van der Waals surface area contributed by atoms with Crippen molar-refractivity contribution in [2.75, 3.05) is 0 Å². The fourth-order valence-corrected chi connectivity index (χ4v) is 4.26. The first-order valence-electron chi connectivity index (χ1n) is 10.6. The van der Waals surface area contributed by atoms with Gasteiger partial charge in [-0.3, -0.25) is 9.48 Å². The standard InChI is InChI=1S/C24H17ClFN7O2/c1-29-22-18(35-13-3-4-13)7-16(25)21(26)20(22)23-15(10-30-33(23)2)11-5-12(8-27)19-14(6-11)17(9-28)31-32-24(19)34/h5-7,10,13H,3-4,9,28H2,2H3,(H,32,34). The normalized spacial score (nSPS) is 13.0. The van der Waals surface area contributed by atoms with Crippen molar-refractivity contribution in [3.8, 4) is 34.2 Å². The first-order valence-corrected chi connectivity index (χ1v) is 11.0. The highest BCUT2D eigenvalue weighted by molar-refractivity contribution is 6.31. The van der Waals surface area contributed by atoms with Gasteiger partial charge in [-0.25, -0.2) is 14.3 Å². The number of hydrogen-bond acceptors (Lipinski definition) is 6. The van der Waals surface area contributed by atoms with Crippen molar-refractivity contribution >= 4 is 28.1 Å². The summed E-state index contributed by atoms with van der Waals surface area (Å²) in [5.41, 5.74) is 6.87. The lowest BCUT2D eigenvalue weighted by Crippen LogP contribution is -2.14. The summed E-state index contributed by atoms with van der Waals surface area (Å²) in [6.45, 7) is 7.78. The molecule has 2 aromatic carbocycles. The Labute approximate surface area is 203 Å². The number of rotatable bonds is 5. The average molecular weight is 490 g/mol. The largest absolute Gasteiger partial charge is 0.501 e. The molecule has 9 nitrogen and oxygen atoms in total. The number of nitrogens with one attached hydrogen (secondary N) is 1. The topological polar surface area (TPSA) is 127 Å². The lowest BCUT2D eigenvalue weighted by Gasteiger charge is -2.16. The summed E-state index contributed by atoms with van der Waals surface area (Å²) in [7, 11) is 1.61. The summed E-state index contributed by atoms with van der Waals surface area (Å²) in [6.07, 6.45) is 3.16. The Morgan fingerprint density at radius 1 is 1.43 bits per heavy atom. The fourth-order valence-electron chi connectivity index (χ4n) is 4.07. The molecule has 0 amide bonds. The number of nitrogens with two attached hydrogens (primary N) is 1. The van der Waals surface area contributed by atoms with E-state index in [0.29, 0.717) is 22.2 Å². The monoisotopic (exact) mass is 489 g/mol. The van der Waals surface area contributed by atoms with Crippen LogP contribution >= 0.6 is 11.6 Å². The zero-order valence-electron chi connectivity index (χ0n) is 18.4. The van der Waals surface area contributed by atoms with Crippen LogP contribution in [0, 0.1) is 23.7 Å². The molecular formula is C24H17ClFN7O2. The van der Waals surface area contributed by atoms with Crippen LogP contribution in [-0.4, -0.2) is 26.1 Å². The van der Waals surface area contributed by atoms with Gasteiger partial charge in [-0.15, -0.1) is 0 Å². The Morgan fingerprint density at radius 2 is 2.20 bits per heavy atom. The maximum Gasteiger partial charge on any atom is 0.273 e. The van der Waals surface area contributed by atoms with E-state index in [2.05, 4.69) is 20.1 Å². The van der Waals surface area contributed by atoms with Gasteiger partial charge in [-0.2, -0.15) is 15.5 Å². The molecule has 1 fully saturated rings. The van der Waals surface area contributed by atoms with Gasteiger partial charge >= 0.3 is 0 Å². The van der Waals surface area contributed by atoms with Crippen molar-refractivity contribution in [3.63, 3.8) is 0 Å². The van der Waals surface area contributed by atoms with Gasteiger partial charge in [0.05, 0.1) is 46.2 Å². The van der Waals surface area contributed by atoms with Crippen LogP contribution < -0.4 is 16.0 Å². The number of H-pyrrole nitrogens is 1. The molecule has 0 radical (unpaired) electrons. The van der Waals surface area contributed by atoms with Crippen molar-refractivity contribution in [1.82, 2.24) is 20.0 Å². The molecule has 0 spiro atoms. The zero-order chi connectivity index (χ0) is 24.9. The van der Waals surface area contributed by atoms with Crippen molar-refractivity contribution in [1.29, 1.82) is 5.26 Å². The van der Waals surface area contributed by atoms with Crippen LogP contribution in [0.15, 0.2) is 29.2 Å². The zero-order valence-corrected chi connectivity index (χ0v) is 19.1. The van der Waals surface area contributed by atoms with E-state index in [1.54, 1.807) is 13.1 Å². The Balaban J connectivity index is 1.82. The molecule has 2 heterocycles. The minimum atomic E-state index is -0.785. The number of aromatic nitrogens is 4. The lowest BCUT2D eigenvalue weighted by molar-refractivity contribution is 0.305. The molecule has 0 atom stereocenters. The van der Waals surface area contributed by atoms with Crippen LogP contribution in [0.4, 0.5) is 10.1 Å². The molecule has 5 rings (SSSR count). The smallest absolute Gasteiger partial charge is 0.273 e. The molecule has 174 valence electrons. The quantitative estimate of drug-likeness (QED) is 0.404. The number of nitriles is 1. The highest BCUT2D eigenvalue weighted by Crippen LogP contribution is 2.48. The molecule has 0 aliphatic heterocycles. The Kier molecular flexibility index (Phi) is 5.48. The van der Waals surface area contributed by atoms with Crippen LogP contribution in [-0.2, 0) is 13.6 Å². The lowest BCUT2D eigenvalue weighted by atomic mass is 9.95. The first-order chi connectivity index (χ1) is 16.9. The summed E-state index contributed by atoms with van der Waals surface area (Å²) in [5, 5.41) is 20.8. The molecular weight excluding hydrogens is 473 g/mol. The van der Waals surface area contributed by atoms with E-state index in [1.807, 2.05) is 6.07 Å². The predicted molar refractivity (Wildman–Crippen MR) is 127 cm³/mol. The Hall–Kier alpha value is -4.25. The third-order valence-electron chi connectivity index (χ3n) is 5.86. The van der Waals surface area contributed by atoms with Gasteiger partial charge in [0, 0.05) is 30.1 Å². The maximum atomic E-state index is 15.5. The number of aromatic amines is 1. The van der Waals surface area contributed by atoms with E-state index in [0.717, 1.165) is 12.8 Å². The summed E-state index contributed by atoms with van der Waals surface area (Å²) in [4.78, 5) is 16.0. The Morgan fingerprint density at radius 3 is 2.86 bits per heavy atom. The Bertz CT molecular complexity index is 1660. The first kappa shape index (κ1) is 22.5. The van der Waals surface area contributed by atoms with E-state index in [4.69, 9.17) is 28.6 Å². The minimum absolute atomic E-state index is 0.0220. The van der Waals surface area contributed by atoms with Crippen LogP contribution in [0.25, 0.3) is 38.0 Å². The number of benzene rings is 2. The molecule has 11 heteroatoms. The molecule has 0 unspecified atom stereocenters. The van der Waals surface area contributed by atoms with Gasteiger partial charge in [0.1, 0.15) is 17.6 Å². The van der Waals surface area contributed by atoms with Gasteiger partial charge in [-0.05, 0) is 36.6 Å². The highest BCUT2D eigenvalue weighted by atomic mass is 35.5. The summed E-state index contributed by atoms with van der Waals surface area (Å²) in [6, 6.07) is 6.53. The average Bonchev–Trinajstić information content (AvgIpc) is 3.59. The number of halogens is 2. The van der Waals surface area contributed by atoms with Crippen LogP contribution in [0.3, 0.4) is 0 Å². The van der Waals surface area contributed by atoms with Crippen molar-refractivity contribution < 1.29 is 9.13 Å². The van der Waals surface area contributed by atoms with E-state index in [9.17, 15) is 10.1 Å². The van der Waals surface area contributed by atoms with Crippen LogP contribution in [0.1, 0.15) is 24.1 Å². The molecule has 1 saturated carbocycles. The summed E-state index contributed by atoms with van der Waals surface area (Å²) in [5.74, 6) is -0.582. The molecule has 3 N–H and O–H groups in total. The molecule has 2 aromatic heterocycles. The van der Waals surface area contributed by atoms with Crippen molar-refractivity contribution in [3.05, 3.63) is 68.3 Å². The van der Waals surface area contributed by atoms with Crippen LogP contribution in [0.2, 0.25) is 5.02 Å². The molecule has 35 heavy (non-hydrogen) atoms. The third kappa shape index (κ3) is 3.69. The third-order valence-corrected chi connectivity index (χ3v) is 6.13. The second-order valence-corrected chi connectivity index (χ2v) is 8.52. The van der Waals surface area contributed by atoms with Gasteiger partial charge < -0.3 is 10.5 Å². The number of hydrogen-bond donors (Lipinski definition) is 2. The summed E-state index contributed by atoms with van der Waals surface area (Å²) >= 11 is 6.21. The summed E-state index contributed by atoms with van der Waals surface area (Å²) < 4.78 is 22.8. The fraction of sp³-hybridized carbons (Fsp3) is 0.208. The molecule has 4 aromatic rings. The van der Waals surface area contributed by atoms with Crippen LogP contribution in [0.5, 0.6) is 5.75 Å². The van der Waals surface area contributed by atoms with Gasteiger partial charge in [-0.1, -0.05) is 11.6 Å². The maximum absolute atomic E-state index is 15.5. The van der Waals surface area contributed by atoms with E-state index >= 15 is 4.39 Å². The van der Waals surface area contributed by atoms with Gasteiger partial charge in [0.2, 0.25) is 5.69 Å². The van der Waals surface area contributed by atoms with Gasteiger partial charge in [0.15, 0.2) is 0 Å². The molecule has 1 aliphatic carbocycles. The van der Waals surface area contributed by atoms with Crippen molar-refractivity contribution in [2.24, 2.45) is 12.8 Å². The number of aryl methyl sites for hydroxylation is 1. The SMILES string of the molecule is [C-]#[N+]c1c(OC2CC2)cc(Cl)c(F)c1-c1c(-c2cc(C#N)c3c(=O)[nH]nc(CN)c3c2)cnn1C. The number of fused-ring (bicyclic) bond motifs is 1. The highest BCUT2D eigenvalue weighted by Gasteiger charge is 2.30. The van der Waals surface area contributed by atoms with Gasteiger partial charge in [0.25, 0.3) is 5.56 Å². The predicted octanol–water partition coefficient (Wildman–Crippen LogP) is 4.21. The molecule has 0 saturated heterocycles. The molecule has 1 aliphatic rings. The second-order valence-electron chi connectivity index (χ2n) is 8.12. The second kappa shape index (κ2) is 8.51. The van der Waals surface area contributed by atoms with E-state index in [1.165, 1.54) is 23.0 Å². The van der Waals surface area contributed by atoms with E-state index in [-0.39, 0.29) is 51.3 Å². The number of nitrogens with zero attached hydrogens (tertiary/aromatic N) is 5.